The van der Waals surface area contributed by atoms with Gasteiger partial charge in [-0.05, 0) is 32.8 Å². The number of carbonyl (C=O) groups is 1. The Hall–Kier alpha value is -1.42. The Bertz CT molecular complexity index is 630. The van der Waals surface area contributed by atoms with Gasteiger partial charge < -0.3 is 20.1 Å². The van der Waals surface area contributed by atoms with Gasteiger partial charge in [-0.25, -0.2) is 4.39 Å². The third-order valence-electron chi connectivity index (χ3n) is 4.35. The minimum atomic E-state index is -1.02. The summed E-state index contributed by atoms with van der Waals surface area (Å²) in [5.41, 5.74) is 0.232. The van der Waals surface area contributed by atoms with E-state index in [9.17, 15) is 14.3 Å². The van der Waals surface area contributed by atoms with Crippen LogP contribution in [0.15, 0.2) is 29.3 Å². The smallest absolute Gasteiger partial charge is 0.310 e. The van der Waals surface area contributed by atoms with Crippen molar-refractivity contribution >= 4 is 35.9 Å². The van der Waals surface area contributed by atoms with Gasteiger partial charge in [0.15, 0.2) is 5.96 Å². The summed E-state index contributed by atoms with van der Waals surface area (Å²) in [6.45, 7) is 6.14. The third kappa shape index (κ3) is 6.91. The predicted octanol–water partition coefficient (Wildman–Crippen LogP) is 2.72. The number of benzene rings is 1. The molecule has 1 aromatic carbocycles. The average molecular weight is 493 g/mol. The molecule has 0 saturated carbocycles. The number of carbonyl (C=O) groups excluding carboxylic acids is 1. The van der Waals surface area contributed by atoms with Gasteiger partial charge in [-0.2, -0.15) is 0 Å². The normalized spacial score (nSPS) is 18.4. The van der Waals surface area contributed by atoms with Crippen molar-refractivity contribution in [3.63, 3.8) is 0 Å². The van der Waals surface area contributed by atoms with E-state index in [4.69, 9.17) is 4.74 Å². The fourth-order valence-corrected chi connectivity index (χ4v) is 3.06. The van der Waals surface area contributed by atoms with Crippen LogP contribution in [0.4, 0.5) is 4.39 Å². The Morgan fingerprint density at radius 1 is 1.44 bits per heavy atom. The molecular weight excluding hydrogens is 464 g/mol. The molecule has 2 unspecified atom stereocenters. The zero-order valence-corrected chi connectivity index (χ0v) is 18.2. The maximum absolute atomic E-state index is 13.8. The van der Waals surface area contributed by atoms with Gasteiger partial charge in [-0.15, -0.1) is 24.0 Å². The minimum Gasteiger partial charge on any atom is -0.466 e. The van der Waals surface area contributed by atoms with Crippen molar-refractivity contribution in [2.75, 3.05) is 32.8 Å². The SMILES string of the molecule is CCNC(=NCC(O)c1ccccc1F)N1CCCC(C(=O)OCC)C1.I. The zero-order chi connectivity index (χ0) is 18.9. The monoisotopic (exact) mass is 493 g/mol. The summed E-state index contributed by atoms with van der Waals surface area (Å²) in [7, 11) is 0. The van der Waals surface area contributed by atoms with Gasteiger partial charge in [-0.3, -0.25) is 9.79 Å². The quantitative estimate of drug-likeness (QED) is 0.276. The van der Waals surface area contributed by atoms with E-state index in [1.54, 1.807) is 25.1 Å². The van der Waals surface area contributed by atoms with E-state index < -0.39 is 11.9 Å². The van der Waals surface area contributed by atoms with Gasteiger partial charge >= 0.3 is 5.97 Å². The van der Waals surface area contributed by atoms with Crippen molar-refractivity contribution < 1.29 is 19.0 Å². The number of aliphatic hydroxyl groups is 1. The predicted molar refractivity (Wildman–Crippen MR) is 114 cm³/mol. The molecule has 0 aliphatic carbocycles. The number of hydrogen-bond acceptors (Lipinski definition) is 4. The molecule has 152 valence electrons. The van der Waals surface area contributed by atoms with Gasteiger partial charge in [0.05, 0.1) is 19.1 Å². The maximum Gasteiger partial charge on any atom is 0.310 e. The molecule has 2 N–H and O–H groups in total. The van der Waals surface area contributed by atoms with Gasteiger partial charge in [0.2, 0.25) is 0 Å². The second kappa shape index (κ2) is 12.1. The molecule has 1 aliphatic heterocycles. The number of nitrogens with zero attached hydrogens (tertiary/aromatic N) is 2. The molecule has 8 heteroatoms. The minimum absolute atomic E-state index is 0. The number of ether oxygens (including phenoxy) is 1. The summed E-state index contributed by atoms with van der Waals surface area (Å²) in [5, 5.41) is 13.4. The van der Waals surface area contributed by atoms with Crippen LogP contribution in [0.25, 0.3) is 0 Å². The first-order chi connectivity index (χ1) is 12.6. The molecule has 0 spiro atoms. The highest BCUT2D eigenvalue weighted by Gasteiger charge is 2.28. The van der Waals surface area contributed by atoms with Crippen LogP contribution in [0, 0.1) is 11.7 Å². The van der Waals surface area contributed by atoms with Crippen molar-refractivity contribution in [3.05, 3.63) is 35.6 Å². The number of aliphatic imine (C=N–C) groups is 1. The summed E-state index contributed by atoms with van der Waals surface area (Å²) < 4.78 is 18.9. The molecular formula is C19H29FIN3O3. The number of nitrogens with one attached hydrogen (secondary N) is 1. The Kier molecular flexibility index (Phi) is 10.6. The first-order valence-electron chi connectivity index (χ1n) is 9.19. The van der Waals surface area contributed by atoms with E-state index in [2.05, 4.69) is 10.3 Å². The van der Waals surface area contributed by atoms with E-state index in [0.717, 1.165) is 19.4 Å². The first-order valence-corrected chi connectivity index (χ1v) is 9.19. The number of likely N-dealkylation sites (tertiary alicyclic amines) is 1. The van der Waals surface area contributed by atoms with Crippen LogP contribution in [-0.4, -0.2) is 54.7 Å². The largest absolute Gasteiger partial charge is 0.466 e. The number of piperidine rings is 1. The van der Waals surface area contributed by atoms with E-state index in [1.807, 2.05) is 11.8 Å². The van der Waals surface area contributed by atoms with Gasteiger partial charge in [0.25, 0.3) is 0 Å². The van der Waals surface area contributed by atoms with Crippen molar-refractivity contribution in [2.24, 2.45) is 10.9 Å². The van der Waals surface area contributed by atoms with E-state index in [1.165, 1.54) is 6.07 Å². The highest BCUT2D eigenvalue weighted by atomic mass is 127. The number of hydrogen-bond donors (Lipinski definition) is 2. The van der Waals surface area contributed by atoms with Gasteiger partial charge in [0.1, 0.15) is 11.9 Å². The highest BCUT2D eigenvalue weighted by molar-refractivity contribution is 14.0. The first kappa shape index (κ1) is 23.6. The lowest BCUT2D eigenvalue weighted by atomic mass is 9.98. The molecule has 0 amide bonds. The van der Waals surface area contributed by atoms with Crippen LogP contribution in [0.2, 0.25) is 0 Å². The maximum atomic E-state index is 13.8. The van der Waals surface area contributed by atoms with Crippen LogP contribution >= 0.6 is 24.0 Å². The third-order valence-corrected chi connectivity index (χ3v) is 4.35. The van der Waals surface area contributed by atoms with Crippen molar-refractivity contribution in [3.8, 4) is 0 Å². The number of esters is 1. The molecule has 0 aromatic heterocycles. The van der Waals surface area contributed by atoms with Crippen LogP contribution in [0.3, 0.4) is 0 Å². The molecule has 0 radical (unpaired) electrons. The van der Waals surface area contributed by atoms with Crippen LogP contribution < -0.4 is 5.32 Å². The molecule has 1 aliphatic rings. The van der Waals surface area contributed by atoms with Crippen molar-refractivity contribution in [1.29, 1.82) is 0 Å². The number of rotatable bonds is 6. The zero-order valence-electron chi connectivity index (χ0n) is 15.9. The Morgan fingerprint density at radius 3 is 2.85 bits per heavy atom. The Labute approximate surface area is 177 Å². The van der Waals surface area contributed by atoms with E-state index in [0.29, 0.717) is 25.7 Å². The Balaban J connectivity index is 0.00000364. The van der Waals surface area contributed by atoms with Crippen molar-refractivity contribution in [1.82, 2.24) is 10.2 Å². The lowest BCUT2D eigenvalue weighted by molar-refractivity contribution is -0.149. The highest BCUT2D eigenvalue weighted by Crippen LogP contribution is 2.19. The summed E-state index contributed by atoms with van der Waals surface area (Å²) in [6, 6.07) is 6.15. The number of aliphatic hydroxyl groups excluding tert-OH is 1. The molecule has 2 rings (SSSR count). The molecule has 6 nitrogen and oxygen atoms in total. The number of halogens is 2. The lowest BCUT2D eigenvalue weighted by Crippen LogP contribution is -2.48. The number of guanidine groups is 1. The van der Waals surface area contributed by atoms with E-state index >= 15 is 0 Å². The second-order valence-electron chi connectivity index (χ2n) is 6.27. The van der Waals surface area contributed by atoms with Crippen LogP contribution in [0.5, 0.6) is 0 Å². The molecule has 27 heavy (non-hydrogen) atoms. The molecule has 1 fully saturated rings. The molecule has 1 heterocycles. The fourth-order valence-electron chi connectivity index (χ4n) is 3.06. The summed E-state index contributed by atoms with van der Waals surface area (Å²) in [6.07, 6.45) is 0.645. The molecule has 2 atom stereocenters. The second-order valence-corrected chi connectivity index (χ2v) is 6.27. The summed E-state index contributed by atoms with van der Waals surface area (Å²) in [5.74, 6) is -0.180. The summed E-state index contributed by atoms with van der Waals surface area (Å²) in [4.78, 5) is 18.5. The fraction of sp³-hybridized carbons (Fsp3) is 0.579. The van der Waals surface area contributed by atoms with E-state index in [-0.39, 0.29) is 48.0 Å². The summed E-state index contributed by atoms with van der Waals surface area (Å²) >= 11 is 0. The Morgan fingerprint density at radius 2 is 2.19 bits per heavy atom. The molecule has 1 saturated heterocycles. The lowest BCUT2D eigenvalue weighted by Gasteiger charge is -2.34. The van der Waals surface area contributed by atoms with Crippen molar-refractivity contribution in [2.45, 2.75) is 32.8 Å². The van der Waals surface area contributed by atoms with Crippen LogP contribution in [0.1, 0.15) is 38.4 Å². The van der Waals surface area contributed by atoms with Crippen LogP contribution in [-0.2, 0) is 9.53 Å². The molecule has 1 aromatic rings. The average Bonchev–Trinajstić information content (AvgIpc) is 2.65. The van der Waals surface area contributed by atoms with Gasteiger partial charge in [-0.1, -0.05) is 18.2 Å². The topological polar surface area (TPSA) is 74.2 Å². The van der Waals surface area contributed by atoms with Gasteiger partial charge in [0, 0.05) is 25.2 Å². The standard InChI is InChI=1S/C19H28FN3O3.HI/c1-3-21-19(22-12-17(24)15-9-5-6-10-16(15)20)23-11-7-8-14(13-23)18(25)26-4-2;/h5-6,9-10,14,17,24H,3-4,7-8,11-13H2,1-2H3,(H,21,22);1H. The molecule has 0 bridgehead atoms.